The van der Waals surface area contributed by atoms with Crippen molar-refractivity contribution in [2.24, 2.45) is 5.73 Å². The Balaban J connectivity index is 1.90. The van der Waals surface area contributed by atoms with E-state index in [2.05, 4.69) is 54.8 Å². The van der Waals surface area contributed by atoms with E-state index >= 15 is 0 Å². The maximum Gasteiger partial charge on any atom is 0.0349 e. The van der Waals surface area contributed by atoms with Crippen molar-refractivity contribution in [3.63, 3.8) is 0 Å². The molecular formula is C16H22N2S2. The van der Waals surface area contributed by atoms with Crippen molar-refractivity contribution < 1.29 is 0 Å². The predicted molar refractivity (Wildman–Crippen MR) is 91.5 cm³/mol. The van der Waals surface area contributed by atoms with Crippen molar-refractivity contribution in [3.05, 3.63) is 34.7 Å². The summed E-state index contributed by atoms with van der Waals surface area (Å²) in [7, 11) is 0. The monoisotopic (exact) mass is 306 g/mol. The smallest absolute Gasteiger partial charge is 0.0349 e. The van der Waals surface area contributed by atoms with Crippen LogP contribution in [0.15, 0.2) is 24.3 Å². The highest BCUT2D eigenvalue weighted by Crippen LogP contribution is 2.35. The topological polar surface area (TPSA) is 29.3 Å². The molecule has 0 bridgehead atoms. The Labute approximate surface area is 129 Å². The molecule has 0 aliphatic carbocycles. The average molecular weight is 307 g/mol. The van der Waals surface area contributed by atoms with Gasteiger partial charge in [-0.15, -0.1) is 11.3 Å². The lowest BCUT2D eigenvalue weighted by atomic mass is 10.1. The molecule has 1 saturated heterocycles. The first-order chi connectivity index (χ1) is 9.59. The fourth-order valence-corrected chi connectivity index (χ4v) is 5.23. The van der Waals surface area contributed by atoms with E-state index in [1.54, 1.807) is 0 Å². The Kier molecular flexibility index (Phi) is 4.09. The van der Waals surface area contributed by atoms with Gasteiger partial charge in [0, 0.05) is 46.3 Å². The van der Waals surface area contributed by atoms with E-state index in [4.69, 9.17) is 5.73 Å². The first-order valence-corrected chi connectivity index (χ1v) is 8.95. The molecule has 2 nitrogen and oxygen atoms in total. The quantitative estimate of drug-likeness (QED) is 0.938. The number of nitrogens with two attached hydrogens (primary N) is 1. The first-order valence-electron chi connectivity index (χ1n) is 7.15. The zero-order chi connectivity index (χ0) is 14.2. The fraction of sp³-hybridized carbons (Fsp3) is 0.500. The molecule has 0 saturated carbocycles. The molecule has 0 amide bonds. The predicted octanol–water partition coefficient (Wildman–Crippen LogP) is 3.69. The van der Waals surface area contributed by atoms with Crippen LogP contribution in [0.2, 0.25) is 0 Å². The third-order valence-electron chi connectivity index (χ3n) is 3.85. The lowest BCUT2D eigenvalue weighted by molar-refractivity contribution is 0.253. The Morgan fingerprint density at radius 2 is 2.10 bits per heavy atom. The van der Waals surface area contributed by atoms with Gasteiger partial charge in [-0.1, -0.05) is 18.2 Å². The van der Waals surface area contributed by atoms with Crippen LogP contribution < -0.4 is 5.73 Å². The van der Waals surface area contributed by atoms with Crippen molar-refractivity contribution in [2.75, 3.05) is 18.8 Å². The second kappa shape index (κ2) is 5.68. The molecule has 1 aromatic carbocycles. The summed E-state index contributed by atoms with van der Waals surface area (Å²) in [6.07, 6.45) is 0. The van der Waals surface area contributed by atoms with E-state index in [0.717, 1.165) is 13.1 Å². The van der Waals surface area contributed by atoms with E-state index in [0.29, 0.717) is 11.3 Å². The van der Waals surface area contributed by atoms with Crippen LogP contribution in [0.4, 0.5) is 0 Å². The molecule has 0 atom stereocenters. The van der Waals surface area contributed by atoms with Crippen LogP contribution in [0.25, 0.3) is 10.1 Å². The van der Waals surface area contributed by atoms with Crippen LogP contribution in [0.3, 0.4) is 0 Å². The molecule has 1 aliphatic heterocycles. The molecule has 1 aliphatic rings. The Hall–Kier alpha value is -0.550. The van der Waals surface area contributed by atoms with Crippen LogP contribution >= 0.6 is 23.1 Å². The molecule has 2 aromatic rings. The van der Waals surface area contributed by atoms with Crippen molar-refractivity contribution in [3.8, 4) is 0 Å². The van der Waals surface area contributed by atoms with Gasteiger partial charge in [-0.2, -0.15) is 11.8 Å². The molecule has 0 unspecified atom stereocenters. The van der Waals surface area contributed by atoms with E-state index in [-0.39, 0.29) is 0 Å². The number of hydrogen-bond donors (Lipinski definition) is 1. The van der Waals surface area contributed by atoms with Gasteiger partial charge in [-0.3, -0.25) is 4.90 Å². The summed E-state index contributed by atoms with van der Waals surface area (Å²) in [6.45, 7) is 8.73. The molecule has 2 N–H and O–H groups in total. The molecule has 20 heavy (non-hydrogen) atoms. The zero-order valence-corrected chi connectivity index (χ0v) is 13.8. The minimum absolute atomic E-state index is 0.368. The van der Waals surface area contributed by atoms with Crippen LogP contribution in [-0.2, 0) is 13.1 Å². The summed E-state index contributed by atoms with van der Waals surface area (Å²) in [4.78, 5) is 3.94. The minimum Gasteiger partial charge on any atom is -0.326 e. The molecule has 1 aromatic heterocycles. The Bertz CT molecular complexity index is 604. The highest BCUT2D eigenvalue weighted by molar-refractivity contribution is 8.00. The minimum atomic E-state index is 0.368. The maximum absolute atomic E-state index is 5.96. The van der Waals surface area contributed by atoms with Gasteiger partial charge < -0.3 is 5.73 Å². The molecule has 108 valence electrons. The second-order valence-corrected chi connectivity index (χ2v) is 8.96. The lowest BCUT2D eigenvalue weighted by Crippen LogP contribution is -2.42. The highest BCUT2D eigenvalue weighted by atomic mass is 32.2. The van der Waals surface area contributed by atoms with E-state index in [1.807, 2.05) is 11.3 Å². The number of thioether (sulfide) groups is 1. The summed E-state index contributed by atoms with van der Waals surface area (Å²) >= 11 is 3.94. The number of benzene rings is 1. The molecule has 4 heteroatoms. The third kappa shape index (κ3) is 2.89. The van der Waals surface area contributed by atoms with Gasteiger partial charge in [-0.25, -0.2) is 0 Å². The number of hydrogen-bond acceptors (Lipinski definition) is 4. The number of thiophene rings is 1. The summed E-state index contributed by atoms with van der Waals surface area (Å²) in [5, 5.41) is 1.40. The normalized spacial score (nSPS) is 19.6. The Morgan fingerprint density at radius 3 is 2.85 bits per heavy atom. The maximum atomic E-state index is 5.96. The third-order valence-corrected chi connectivity index (χ3v) is 6.39. The zero-order valence-electron chi connectivity index (χ0n) is 12.2. The molecule has 0 spiro atoms. The lowest BCUT2D eigenvalue weighted by Gasteiger charge is -2.37. The fourth-order valence-electron chi connectivity index (χ4n) is 2.96. The van der Waals surface area contributed by atoms with Gasteiger partial charge in [0.2, 0.25) is 0 Å². The van der Waals surface area contributed by atoms with Crippen molar-refractivity contribution >= 4 is 33.2 Å². The summed E-state index contributed by atoms with van der Waals surface area (Å²) in [5.41, 5.74) is 7.42. The van der Waals surface area contributed by atoms with Gasteiger partial charge in [0.25, 0.3) is 0 Å². The number of nitrogens with zero attached hydrogens (tertiary/aromatic N) is 1. The standard InChI is InChI=1S/C16H22N2S2/c1-16(2)11-18(7-8-19-16)10-13-12-5-3-4-6-14(12)20-15(13)9-17/h3-6H,7-11,17H2,1-2H3. The van der Waals surface area contributed by atoms with Crippen molar-refractivity contribution in [1.82, 2.24) is 4.90 Å². The van der Waals surface area contributed by atoms with E-state index < -0.39 is 0 Å². The molecule has 0 radical (unpaired) electrons. The van der Waals surface area contributed by atoms with Gasteiger partial charge in [-0.05, 0) is 30.9 Å². The van der Waals surface area contributed by atoms with E-state index in [9.17, 15) is 0 Å². The van der Waals surface area contributed by atoms with Crippen molar-refractivity contribution in [1.29, 1.82) is 0 Å². The van der Waals surface area contributed by atoms with Crippen molar-refractivity contribution in [2.45, 2.75) is 31.7 Å². The van der Waals surface area contributed by atoms with Crippen LogP contribution in [-0.4, -0.2) is 28.5 Å². The van der Waals surface area contributed by atoms with Crippen LogP contribution in [0.1, 0.15) is 24.3 Å². The van der Waals surface area contributed by atoms with Crippen LogP contribution in [0.5, 0.6) is 0 Å². The van der Waals surface area contributed by atoms with Gasteiger partial charge >= 0.3 is 0 Å². The molecule has 2 heterocycles. The Morgan fingerprint density at radius 1 is 1.30 bits per heavy atom. The summed E-state index contributed by atoms with van der Waals surface area (Å²) < 4.78 is 1.74. The summed E-state index contributed by atoms with van der Waals surface area (Å²) in [5.74, 6) is 1.23. The highest BCUT2D eigenvalue weighted by Gasteiger charge is 2.27. The average Bonchev–Trinajstić information content (AvgIpc) is 2.76. The van der Waals surface area contributed by atoms with Gasteiger partial charge in [0.15, 0.2) is 0 Å². The van der Waals surface area contributed by atoms with Gasteiger partial charge in [0.05, 0.1) is 0 Å². The SMILES string of the molecule is CC1(C)CN(Cc2c(CN)sc3ccccc23)CCS1. The van der Waals surface area contributed by atoms with Crippen LogP contribution in [0, 0.1) is 0 Å². The first kappa shape index (κ1) is 14.4. The molecular weight excluding hydrogens is 284 g/mol. The summed E-state index contributed by atoms with van der Waals surface area (Å²) in [6, 6.07) is 8.70. The molecule has 3 rings (SSSR count). The largest absolute Gasteiger partial charge is 0.326 e. The molecule has 1 fully saturated rings. The number of rotatable bonds is 3. The van der Waals surface area contributed by atoms with E-state index in [1.165, 1.54) is 32.8 Å². The van der Waals surface area contributed by atoms with Gasteiger partial charge in [0.1, 0.15) is 0 Å². The second-order valence-electron chi connectivity index (χ2n) is 6.02. The number of fused-ring (bicyclic) bond motifs is 1.